The van der Waals surface area contributed by atoms with Crippen LogP contribution >= 0.6 is 23.2 Å². The van der Waals surface area contributed by atoms with Gasteiger partial charge in [-0.1, -0.05) is 40.5 Å². The number of nitrogens with zero attached hydrogens (tertiary/aromatic N) is 2. The lowest BCUT2D eigenvalue weighted by Crippen LogP contribution is -2.16. The van der Waals surface area contributed by atoms with Gasteiger partial charge in [0.15, 0.2) is 11.6 Å². The van der Waals surface area contributed by atoms with Crippen molar-refractivity contribution in [2.75, 3.05) is 10.0 Å². The third kappa shape index (κ3) is 6.49. The van der Waals surface area contributed by atoms with Gasteiger partial charge in [-0.3, -0.25) is 19.6 Å². The fourth-order valence-electron chi connectivity index (χ4n) is 3.62. The van der Waals surface area contributed by atoms with E-state index in [-0.39, 0.29) is 33.6 Å². The van der Waals surface area contributed by atoms with Crippen molar-refractivity contribution < 1.29 is 22.7 Å². The van der Waals surface area contributed by atoms with Crippen LogP contribution in [0.2, 0.25) is 10.0 Å². The normalized spacial score (nSPS) is 12.1. The minimum Gasteiger partial charge on any atom is -0.378 e. The van der Waals surface area contributed by atoms with Gasteiger partial charge in [0.2, 0.25) is 0 Å². The largest absolute Gasteiger partial charge is 0.378 e. The number of nitro benzene ring substituents is 1. The summed E-state index contributed by atoms with van der Waals surface area (Å²) in [4.78, 5) is 23.9. The Bertz CT molecular complexity index is 1610. The summed E-state index contributed by atoms with van der Waals surface area (Å²) in [6.07, 6.45) is -0.0771. The Morgan fingerprint density at radius 2 is 1.79 bits per heavy atom. The number of nitro groups is 1. The van der Waals surface area contributed by atoms with E-state index in [9.17, 15) is 23.3 Å². The molecule has 0 fully saturated rings. The first kappa shape index (κ1) is 27.1. The van der Waals surface area contributed by atoms with Crippen LogP contribution in [-0.2, 0) is 10.0 Å². The van der Waals surface area contributed by atoms with Crippen molar-refractivity contribution in [3.8, 4) is 0 Å². The van der Waals surface area contributed by atoms with Crippen LogP contribution in [0, 0.1) is 17.0 Å². The van der Waals surface area contributed by atoms with Crippen molar-refractivity contribution in [2.45, 2.75) is 24.3 Å². The SMILES string of the molecule is Cc1cc(NS(=O)(=O)c2ccc(NC(CC(=O)c3ccc(Cl)c(Cl)c3)c3cccc([N+](=O)[O-])c3)cc2)no1. The summed E-state index contributed by atoms with van der Waals surface area (Å²) in [5.74, 6) is 0.222. The molecule has 0 saturated carbocycles. The number of carbonyl (C=O) groups excluding carboxylic acids is 1. The van der Waals surface area contributed by atoms with Gasteiger partial charge >= 0.3 is 0 Å². The molecule has 4 aromatic rings. The summed E-state index contributed by atoms with van der Waals surface area (Å²) in [5, 5.41) is 18.7. The van der Waals surface area contributed by atoms with E-state index in [1.165, 1.54) is 60.7 Å². The molecule has 0 spiro atoms. The second-order valence-corrected chi connectivity index (χ2v) is 10.8. The van der Waals surface area contributed by atoms with E-state index in [4.69, 9.17) is 27.7 Å². The highest BCUT2D eigenvalue weighted by molar-refractivity contribution is 7.92. The molecule has 1 heterocycles. The minimum absolute atomic E-state index is 0.0255. The summed E-state index contributed by atoms with van der Waals surface area (Å²) in [5.41, 5.74) is 1.17. The number of halogens is 2. The summed E-state index contributed by atoms with van der Waals surface area (Å²) >= 11 is 12.0. The Kier molecular flexibility index (Phi) is 8.00. The fourth-order valence-corrected chi connectivity index (χ4v) is 4.90. The van der Waals surface area contributed by atoms with Crippen LogP contribution in [0.4, 0.5) is 17.2 Å². The number of sulfonamides is 1. The van der Waals surface area contributed by atoms with Gasteiger partial charge in [-0.25, -0.2) is 8.42 Å². The number of anilines is 2. The summed E-state index contributed by atoms with van der Waals surface area (Å²) in [6, 6.07) is 17.0. The Balaban J connectivity index is 1.59. The Hall–Kier alpha value is -3.93. The Labute approximate surface area is 227 Å². The molecule has 13 heteroatoms. The highest BCUT2D eigenvalue weighted by Crippen LogP contribution is 2.30. The molecule has 0 radical (unpaired) electrons. The standard InChI is InChI=1S/C25H20Cl2N4O6S/c1-15-11-25(29-37-15)30-38(35,36)20-8-6-18(7-9-20)28-23(16-3-2-4-19(12-16)31(33)34)14-24(32)17-5-10-21(26)22(27)13-17/h2-13,23,28H,14H2,1H3,(H,29,30). The number of hydrogen-bond acceptors (Lipinski definition) is 8. The number of benzene rings is 3. The van der Waals surface area contributed by atoms with Gasteiger partial charge in [0.1, 0.15) is 5.76 Å². The quantitative estimate of drug-likeness (QED) is 0.125. The zero-order valence-electron chi connectivity index (χ0n) is 19.7. The second kappa shape index (κ2) is 11.2. The van der Waals surface area contributed by atoms with E-state index in [1.807, 2.05) is 0 Å². The van der Waals surface area contributed by atoms with E-state index in [0.717, 1.165) is 0 Å². The average molecular weight is 575 g/mol. The lowest BCUT2D eigenvalue weighted by atomic mass is 9.97. The van der Waals surface area contributed by atoms with E-state index >= 15 is 0 Å². The molecule has 0 bridgehead atoms. The number of ketones is 1. The molecular formula is C25H20Cl2N4O6S. The number of aryl methyl sites for hydroxylation is 1. The summed E-state index contributed by atoms with van der Waals surface area (Å²) < 4.78 is 32.6. The van der Waals surface area contributed by atoms with Crippen molar-refractivity contribution in [3.05, 3.63) is 110 Å². The topological polar surface area (TPSA) is 144 Å². The predicted molar refractivity (Wildman–Crippen MR) is 143 cm³/mol. The first-order chi connectivity index (χ1) is 18.0. The lowest BCUT2D eigenvalue weighted by molar-refractivity contribution is -0.384. The third-order valence-electron chi connectivity index (χ3n) is 5.49. The van der Waals surface area contributed by atoms with Crippen LogP contribution in [0.15, 0.2) is 82.2 Å². The molecular weight excluding hydrogens is 555 g/mol. The summed E-state index contributed by atoms with van der Waals surface area (Å²) in [7, 11) is -3.93. The molecule has 0 aliphatic heterocycles. The van der Waals surface area contributed by atoms with Gasteiger partial charge in [-0.2, -0.15) is 0 Å². The van der Waals surface area contributed by atoms with Crippen LogP contribution in [-0.4, -0.2) is 24.3 Å². The van der Waals surface area contributed by atoms with Crippen molar-refractivity contribution in [2.24, 2.45) is 0 Å². The molecule has 0 aliphatic rings. The van der Waals surface area contributed by atoms with Gasteiger partial charge in [-0.15, -0.1) is 0 Å². The molecule has 196 valence electrons. The first-order valence-corrected chi connectivity index (χ1v) is 13.3. The highest BCUT2D eigenvalue weighted by Gasteiger charge is 2.21. The zero-order valence-corrected chi connectivity index (χ0v) is 22.0. The number of Topliss-reactive ketones (excluding diaryl/α,β-unsaturated/α-hetero) is 1. The summed E-state index contributed by atoms with van der Waals surface area (Å²) in [6.45, 7) is 1.63. The number of nitrogens with one attached hydrogen (secondary N) is 2. The maximum Gasteiger partial charge on any atom is 0.269 e. The van der Waals surface area contributed by atoms with Gasteiger partial charge < -0.3 is 9.84 Å². The fraction of sp³-hybridized carbons (Fsp3) is 0.120. The van der Waals surface area contributed by atoms with Gasteiger partial charge in [0, 0.05) is 35.9 Å². The Morgan fingerprint density at radius 3 is 2.42 bits per heavy atom. The number of aromatic nitrogens is 1. The van der Waals surface area contributed by atoms with Crippen LogP contribution in [0.1, 0.15) is 34.1 Å². The minimum atomic E-state index is -3.93. The number of hydrogen-bond donors (Lipinski definition) is 2. The highest BCUT2D eigenvalue weighted by atomic mass is 35.5. The first-order valence-electron chi connectivity index (χ1n) is 11.1. The van der Waals surface area contributed by atoms with Gasteiger partial charge in [0.05, 0.1) is 25.9 Å². The van der Waals surface area contributed by atoms with Gasteiger partial charge in [0.25, 0.3) is 15.7 Å². The van der Waals surface area contributed by atoms with E-state index in [2.05, 4.69) is 15.2 Å². The molecule has 1 atom stereocenters. The van der Waals surface area contributed by atoms with Crippen molar-refractivity contribution in [1.29, 1.82) is 0 Å². The van der Waals surface area contributed by atoms with Crippen LogP contribution < -0.4 is 10.0 Å². The maximum absolute atomic E-state index is 13.1. The number of carbonyl (C=O) groups is 1. The van der Waals surface area contributed by atoms with Crippen molar-refractivity contribution in [1.82, 2.24) is 5.16 Å². The molecule has 1 aromatic heterocycles. The average Bonchev–Trinajstić information content (AvgIpc) is 3.29. The molecule has 1 unspecified atom stereocenters. The molecule has 0 saturated heterocycles. The van der Waals surface area contributed by atoms with Crippen LogP contribution in [0.3, 0.4) is 0 Å². The van der Waals surface area contributed by atoms with Crippen molar-refractivity contribution in [3.63, 3.8) is 0 Å². The van der Waals surface area contributed by atoms with E-state index < -0.39 is 21.0 Å². The molecule has 0 aliphatic carbocycles. The molecule has 38 heavy (non-hydrogen) atoms. The van der Waals surface area contributed by atoms with Crippen LogP contribution in [0.25, 0.3) is 0 Å². The second-order valence-electron chi connectivity index (χ2n) is 8.26. The molecule has 2 N–H and O–H groups in total. The predicted octanol–water partition coefficient (Wildman–Crippen LogP) is 6.43. The molecule has 0 amide bonds. The number of rotatable bonds is 10. The number of non-ortho nitro benzene ring substituents is 1. The smallest absolute Gasteiger partial charge is 0.269 e. The van der Waals surface area contributed by atoms with Crippen molar-refractivity contribution >= 4 is 56.2 Å². The maximum atomic E-state index is 13.1. The van der Waals surface area contributed by atoms with E-state index in [0.29, 0.717) is 27.6 Å². The molecule has 10 nitrogen and oxygen atoms in total. The zero-order chi connectivity index (χ0) is 27.4. The van der Waals surface area contributed by atoms with Gasteiger partial charge in [-0.05, 0) is 55.0 Å². The molecule has 3 aromatic carbocycles. The molecule has 4 rings (SSSR count). The third-order valence-corrected chi connectivity index (χ3v) is 7.60. The monoisotopic (exact) mass is 574 g/mol. The Morgan fingerprint density at radius 1 is 1.05 bits per heavy atom. The van der Waals surface area contributed by atoms with Crippen LogP contribution in [0.5, 0.6) is 0 Å². The van der Waals surface area contributed by atoms with E-state index in [1.54, 1.807) is 19.1 Å². The lowest BCUT2D eigenvalue weighted by Gasteiger charge is -2.20.